The van der Waals surface area contributed by atoms with Crippen molar-refractivity contribution in [3.63, 3.8) is 0 Å². The second kappa shape index (κ2) is 6.87. The van der Waals surface area contributed by atoms with E-state index in [0.717, 1.165) is 36.2 Å². The lowest BCUT2D eigenvalue weighted by Crippen LogP contribution is -2.47. The second-order valence-corrected chi connectivity index (χ2v) is 5.17. The largest absolute Gasteiger partial charge is 0.367 e. The summed E-state index contributed by atoms with van der Waals surface area (Å²) in [6.45, 7) is 3.93. The van der Waals surface area contributed by atoms with E-state index in [1.807, 2.05) is 29.2 Å². The summed E-state index contributed by atoms with van der Waals surface area (Å²) in [6.07, 6.45) is 0. The minimum absolute atomic E-state index is 0.0755. The van der Waals surface area contributed by atoms with Gasteiger partial charge in [0.15, 0.2) is 0 Å². The summed E-state index contributed by atoms with van der Waals surface area (Å²) in [7, 11) is 0. The fraction of sp³-hybridized carbons (Fsp3) is 0.462. The number of amides is 1. The van der Waals surface area contributed by atoms with Crippen molar-refractivity contribution in [3.8, 4) is 0 Å². The molecule has 1 heterocycles. The average Bonchev–Trinajstić information content (AvgIpc) is 2.40. The number of rotatable bonds is 4. The van der Waals surface area contributed by atoms with Gasteiger partial charge in [0.2, 0.25) is 5.91 Å². The van der Waals surface area contributed by atoms with Crippen molar-refractivity contribution < 1.29 is 9.53 Å². The van der Waals surface area contributed by atoms with Crippen LogP contribution in [0.1, 0.15) is 5.56 Å². The Morgan fingerprint density at radius 1 is 1.39 bits per heavy atom. The molecule has 0 radical (unpaired) electrons. The molecule has 0 unspecified atom stereocenters. The molecule has 2 rings (SSSR count). The quantitative estimate of drug-likeness (QED) is 0.913. The van der Waals surface area contributed by atoms with Gasteiger partial charge in [-0.15, -0.1) is 0 Å². The first-order valence-corrected chi connectivity index (χ1v) is 6.86. The molecule has 0 aliphatic carbocycles. The molecule has 1 aliphatic heterocycles. The van der Waals surface area contributed by atoms with Crippen molar-refractivity contribution in [2.24, 2.45) is 0 Å². The van der Waals surface area contributed by atoms with Crippen LogP contribution in [0.25, 0.3) is 0 Å². The summed E-state index contributed by atoms with van der Waals surface area (Å²) in [4.78, 5) is 13.7. The van der Waals surface area contributed by atoms with E-state index in [0.29, 0.717) is 6.61 Å². The molecule has 1 aromatic rings. The molecule has 0 aromatic heterocycles. The molecular weight excluding hydrogens is 296 g/mol. The fourth-order valence-corrected chi connectivity index (χ4v) is 2.34. The number of benzene rings is 1. The van der Waals surface area contributed by atoms with Crippen LogP contribution < -0.4 is 5.32 Å². The van der Waals surface area contributed by atoms with E-state index >= 15 is 0 Å². The van der Waals surface area contributed by atoms with Gasteiger partial charge >= 0.3 is 0 Å². The Kier molecular flexibility index (Phi) is 5.16. The number of hydrogen-bond acceptors (Lipinski definition) is 3. The second-order valence-electron chi connectivity index (χ2n) is 4.25. The van der Waals surface area contributed by atoms with E-state index in [9.17, 15) is 4.79 Å². The Morgan fingerprint density at radius 3 is 2.89 bits per heavy atom. The Labute approximate surface area is 115 Å². The molecule has 1 N–H and O–H groups in total. The Morgan fingerprint density at radius 2 is 2.17 bits per heavy atom. The molecule has 1 aliphatic rings. The van der Waals surface area contributed by atoms with Gasteiger partial charge in [-0.25, -0.2) is 0 Å². The third-order valence-corrected chi connectivity index (χ3v) is 3.35. The zero-order valence-corrected chi connectivity index (χ0v) is 11.8. The highest BCUT2D eigenvalue weighted by molar-refractivity contribution is 9.10. The molecule has 18 heavy (non-hydrogen) atoms. The van der Waals surface area contributed by atoms with E-state index in [-0.39, 0.29) is 12.5 Å². The van der Waals surface area contributed by atoms with Crippen molar-refractivity contribution in [2.45, 2.75) is 6.61 Å². The topological polar surface area (TPSA) is 41.6 Å². The maximum Gasteiger partial charge on any atom is 0.248 e. The molecule has 1 amide bonds. The Balaban J connectivity index is 1.73. The number of carbonyl (C=O) groups is 1. The first-order chi connectivity index (χ1) is 8.75. The number of hydrogen-bond donors (Lipinski definition) is 1. The van der Waals surface area contributed by atoms with Crippen molar-refractivity contribution in [2.75, 3.05) is 32.8 Å². The van der Waals surface area contributed by atoms with Gasteiger partial charge in [0, 0.05) is 30.7 Å². The van der Waals surface area contributed by atoms with Gasteiger partial charge < -0.3 is 15.0 Å². The zero-order valence-electron chi connectivity index (χ0n) is 10.2. The van der Waals surface area contributed by atoms with Gasteiger partial charge in [-0.1, -0.05) is 28.1 Å². The van der Waals surface area contributed by atoms with Gasteiger partial charge in [-0.3, -0.25) is 4.79 Å². The zero-order chi connectivity index (χ0) is 12.8. The lowest BCUT2D eigenvalue weighted by Gasteiger charge is -2.27. The number of carbonyl (C=O) groups excluding carboxylic acids is 1. The minimum Gasteiger partial charge on any atom is -0.367 e. The van der Waals surface area contributed by atoms with Gasteiger partial charge in [0.05, 0.1) is 6.61 Å². The van der Waals surface area contributed by atoms with E-state index in [1.54, 1.807) is 0 Å². The Hall–Kier alpha value is -0.910. The minimum atomic E-state index is 0.0755. The molecule has 1 aromatic carbocycles. The lowest BCUT2D eigenvalue weighted by molar-refractivity contribution is -0.137. The number of nitrogens with zero attached hydrogens (tertiary/aromatic N) is 1. The van der Waals surface area contributed by atoms with Gasteiger partial charge in [-0.05, 0) is 17.7 Å². The maximum atomic E-state index is 11.8. The summed E-state index contributed by atoms with van der Waals surface area (Å²) in [6, 6.07) is 7.91. The molecule has 0 bridgehead atoms. The van der Waals surface area contributed by atoms with Crippen molar-refractivity contribution >= 4 is 21.8 Å². The molecule has 5 heteroatoms. The highest BCUT2D eigenvalue weighted by Gasteiger charge is 2.15. The van der Waals surface area contributed by atoms with E-state index in [1.165, 1.54) is 0 Å². The van der Waals surface area contributed by atoms with Crippen molar-refractivity contribution in [1.29, 1.82) is 0 Å². The molecule has 98 valence electrons. The third kappa shape index (κ3) is 4.08. The molecule has 0 spiro atoms. The molecule has 0 atom stereocenters. The summed E-state index contributed by atoms with van der Waals surface area (Å²) in [5.41, 5.74) is 1.07. The first kappa shape index (κ1) is 13.5. The highest BCUT2D eigenvalue weighted by atomic mass is 79.9. The SMILES string of the molecule is O=C(COCc1cccc(Br)c1)N1CCNCC1. The molecule has 1 fully saturated rings. The summed E-state index contributed by atoms with van der Waals surface area (Å²) in [5.74, 6) is 0.0755. The van der Waals surface area contributed by atoms with Crippen LogP contribution in [-0.4, -0.2) is 43.6 Å². The van der Waals surface area contributed by atoms with Crippen LogP contribution >= 0.6 is 15.9 Å². The fourth-order valence-electron chi connectivity index (χ4n) is 1.89. The van der Waals surface area contributed by atoms with Gasteiger partial charge in [-0.2, -0.15) is 0 Å². The number of ether oxygens (including phenoxy) is 1. The molecular formula is C13H17BrN2O2. The van der Waals surface area contributed by atoms with E-state index in [2.05, 4.69) is 21.2 Å². The van der Waals surface area contributed by atoms with Crippen molar-refractivity contribution in [1.82, 2.24) is 10.2 Å². The monoisotopic (exact) mass is 312 g/mol. The summed E-state index contributed by atoms with van der Waals surface area (Å²) >= 11 is 3.41. The predicted octanol–water partition coefficient (Wildman–Crippen LogP) is 1.40. The summed E-state index contributed by atoms with van der Waals surface area (Å²) < 4.78 is 6.48. The highest BCUT2D eigenvalue weighted by Crippen LogP contribution is 2.12. The molecule has 4 nitrogen and oxygen atoms in total. The van der Waals surface area contributed by atoms with Crippen LogP contribution in [0.5, 0.6) is 0 Å². The predicted molar refractivity (Wildman–Crippen MR) is 73.2 cm³/mol. The number of nitrogens with one attached hydrogen (secondary N) is 1. The maximum absolute atomic E-state index is 11.8. The van der Waals surface area contributed by atoms with E-state index < -0.39 is 0 Å². The van der Waals surface area contributed by atoms with Crippen LogP contribution in [0, 0.1) is 0 Å². The Bertz CT molecular complexity index is 406. The third-order valence-electron chi connectivity index (χ3n) is 2.85. The van der Waals surface area contributed by atoms with Crippen LogP contribution in [0.2, 0.25) is 0 Å². The number of piperazine rings is 1. The van der Waals surface area contributed by atoms with Crippen LogP contribution in [-0.2, 0) is 16.1 Å². The van der Waals surface area contributed by atoms with Crippen LogP contribution in [0.15, 0.2) is 28.7 Å². The lowest BCUT2D eigenvalue weighted by atomic mass is 10.2. The molecule has 0 saturated carbocycles. The van der Waals surface area contributed by atoms with Crippen LogP contribution in [0.4, 0.5) is 0 Å². The average molecular weight is 313 g/mol. The standard InChI is InChI=1S/C13H17BrN2O2/c14-12-3-1-2-11(8-12)9-18-10-13(17)16-6-4-15-5-7-16/h1-3,8,15H,4-7,9-10H2. The smallest absolute Gasteiger partial charge is 0.248 e. The van der Waals surface area contributed by atoms with Gasteiger partial charge in [0.1, 0.15) is 6.61 Å². The molecule has 1 saturated heterocycles. The summed E-state index contributed by atoms with van der Waals surface area (Å²) in [5, 5.41) is 3.22. The van der Waals surface area contributed by atoms with E-state index in [4.69, 9.17) is 4.74 Å². The van der Waals surface area contributed by atoms with Crippen molar-refractivity contribution in [3.05, 3.63) is 34.3 Å². The van der Waals surface area contributed by atoms with Crippen LogP contribution in [0.3, 0.4) is 0 Å². The number of halogens is 1. The normalized spacial score (nSPS) is 15.7. The first-order valence-electron chi connectivity index (χ1n) is 6.06. The van der Waals surface area contributed by atoms with Gasteiger partial charge in [0.25, 0.3) is 0 Å².